The van der Waals surface area contributed by atoms with Crippen LogP contribution in [-0.2, 0) is 0 Å². The van der Waals surface area contributed by atoms with Crippen LogP contribution in [0.25, 0.3) is 22.2 Å². The first kappa shape index (κ1) is 21.2. The van der Waals surface area contributed by atoms with E-state index in [1.165, 1.54) is 0 Å². The Morgan fingerprint density at radius 2 is 1.62 bits per heavy atom. The molecule has 26 heavy (non-hydrogen) atoms. The molecule has 0 fully saturated rings. The van der Waals surface area contributed by atoms with E-state index in [1.54, 1.807) is 12.1 Å². The highest BCUT2D eigenvalue weighted by molar-refractivity contribution is 6.03. The molecular weight excluding hydrogens is 326 g/mol. The van der Waals surface area contributed by atoms with Gasteiger partial charge in [-0.3, -0.25) is 0 Å². The number of hydrogen-bond acceptors (Lipinski definition) is 3. The predicted octanol–water partition coefficient (Wildman–Crippen LogP) is 6.05. The molecule has 3 rings (SSSR count). The first-order valence-electron chi connectivity index (χ1n) is 9.05. The van der Waals surface area contributed by atoms with Gasteiger partial charge in [0.05, 0.1) is 23.4 Å². The normalized spacial score (nSPS) is 9.42. The van der Waals surface area contributed by atoms with Crippen LogP contribution in [0.1, 0.15) is 45.0 Å². The average Bonchev–Trinajstić information content (AvgIpc) is 2.71. The van der Waals surface area contributed by atoms with E-state index in [-0.39, 0.29) is 5.56 Å². The SMILES string of the molecule is CC.CC.CCOc1ccc(-c2cc(C(=O)O)c3ccccc3n2)cc1. The van der Waals surface area contributed by atoms with Gasteiger partial charge in [0.1, 0.15) is 5.75 Å². The Labute approximate surface area is 155 Å². The van der Waals surface area contributed by atoms with Crippen LogP contribution in [0.4, 0.5) is 0 Å². The molecule has 0 aliphatic heterocycles. The minimum atomic E-state index is -0.953. The number of aromatic carboxylic acids is 1. The number of fused-ring (bicyclic) bond motifs is 1. The number of hydrogen-bond donors (Lipinski definition) is 1. The maximum absolute atomic E-state index is 11.5. The summed E-state index contributed by atoms with van der Waals surface area (Å²) in [5.74, 6) is -0.170. The van der Waals surface area contributed by atoms with Crippen molar-refractivity contribution in [1.82, 2.24) is 4.98 Å². The van der Waals surface area contributed by atoms with Crippen molar-refractivity contribution in [3.8, 4) is 17.0 Å². The number of nitrogens with zero attached hydrogens (tertiary/aromatic N) is 1. The zero-order valence-corrected chi connectivity index (χ0v) is 16.1. The number of carboxylic acids is 1. The standard InChI is InChI=1S/C18H15NO3.2C2H6/c1-2-22-13-9-7-12(8-10-13)17-11-15(18(20)21)14-5-3-4-6-16(14)19-17;2*1-2/h3-11H,2H2,1H3,(H,20,21);2*1-2H3. The molecule has 1 aromatic heterocycles. The summed E-state index contributed by atoms with van der Waals surface area (Å²) in [6.45, 7) is 10.5. The number of ether oxygens (including phenoxy) is 1. The minimum absolute atomic E-state index is 0.259. The topological polar surface area (TPSA) is 59.4 Å². The van der Waals surface area contributed by atoms with Crippen molar-refractivity contribution < 1.29 is 14.6 Å². The maximum Gasteiger partial charge on any atom is 0.336 e. The summed E-state index contributed by atoms with van der Waals surface area (Å²) >= 11 is 0. The molecule has 138 valence electrons. The van der Waals surface area contributed by atoms with Crippen molar-refractivity contribution in [2.24, 2.45) is 0 Å². The second kappa shape index (κ2) is 10.9. The van der Waals surface area contributed by atoms with Crippen LogP contribution in [0, 0.1) is 0 Å². The lowest BCUT2D eigenvalue weighted by Gasteiger charge is -2.08. The number of pyridine rings is 1. The third kappa shape index (κ3) is 5.06. The smallest absolute Gasteiger partial charge is 0.336 e. The summed E-state index contributed by atoms with van der Waals surface area (Å²) < 4.78 is 5.41. The van der Waals surface area contributed by atoms with Gasteiger partial charge < -0.3 is 9.84 Å². The van der Waals surface area contributed by atoms with Crippen molar-refractivity contribution in [2.45, 2.75) is 34.6 Å². The third-order valence-electron chi connectivity index (χ3n) is 3.41. The van der Waals surface area contributed by atoms with Crippen molar-refractivity contribution in [1.29, 1.82) is 0 Å². The van der Waals surface area contributed by atoms with Gasteiger partial charge in [0.25, 0.3) is 0 Å². The lowest BCUT2D eigenvalue weighted by molar-refractivity contribution is 0.0699. The molecule has 0 unspecified atom stereocenters. The molecule has 0 saturated heterocycles. The van der Waals surface area contributed by atoms with Crippen molar-refractivity contribution in [3.05, 3.63) is 60.2 Å². The molecule has 4 nitrogen and oxygen atoms in total. The van der Waals surface area contributed by atoms with Gasteiger partial charge >= 0.3 is 5.97 Å². The molecule has 0 radical (unpaired) electrons. The zero-order chi connectivity index (χ0) is 19.5. The van der Waals surface area contributed by atoms with E-state index in [0.29, 0.717) is 23.2 Å². The number of rotatable bonds is 4. The second-order valence-electron chi connectivity index (χ2n) is 4.83. The fourth-order valence-corrected chi connectivity index (χ4v) is 2.39. The average molecular weight is 353 g/mol. The van der Waals surface area contributed by atoms with Crippen molar-refractivity contribution >= 4 is 16.9 Å². The van der Waals surface area contributed by atoms with Gasteiger partial charge in [-0.25, -0.2) is 9.78 Å². The van der Waals surface area contributed by atoms with Gasteiger partial charge in [-0.15, -0.1) is 0 Å². The van der Waals surface area contributed by atoms with Crippen LogP contribution in [0.5, 0.6) is 5.75 Å². The molecule has 0 saturated carbocycles. The van der Waals surface area contributed by atoms with Gasteiger partial charge in [0.2, 0.25) is 0 Å². The molecule has 4 heteroatoms. The van der Waals surface area contributed by atoms with Crippen LogP contribution in [0.2, 0.25) is 0 Å². The number of carbonyl (C=O) groups is 1. The van der Waals surface area contributed by atoms with E-state index in [4.69, 9.17) is 4.74 Å². The summed E-state index contributed by atoms with van der Waals surface area (Å²) in [7, 11) is 0. The van der Waals surface area contributed by atoms with Crippen molar-refractivity contribution in [3.63, 3.8) is 0 Å². The number of carboxylic acid groups (broad SMARTS) is 1. The minimum Gasteiger partial charge on any atom is -0.494 e. The molecule has 0 aliphatic carbocycles. The van der Waals surface area contributed by atoms with Crippen LogP contribution in [0.3, 0.4) is 0 Å². The highest BCUT2D eigenvalue weighted by Crippen LogP contribution is 2.26. The molecule has 0 aliphatic rings. The Bertz CT molecular complexity index is 826. The first-order chi connectivity index (χ1) is 12.7. The first-order valence-corrected chi connectivity index (χ1v) is 9.05. The summed E-state index contributed by atoms with van der Waals surface area (Å²) in [6.07, 6.45) is 0. The second-order valence-corrected chi connectivity index (χ2v) is 4.83. The zero-order valence-electron chi connectivity index (χ0n) is 16.1. The highest BCUT2D eigenvalue weighted by Gasteiger charge is 2.12. The lowest BCUT2D eigenvalue weighted by atomic mass is 10.0. The van der Waals surface area contributed by atoms with E-state index < -0.39 is 5.97 Å². The summed E-state index contributed by atoms with van der Waals surface area (Å²) in [6, 6.07) is 16.3. The molecule has 1 heterocycles. The maximum atomic E-state index is 11.5. The highest BCUT2D eigenvalue weighted by atomic mass is 16.5. The number of aromatic nitrogens is 1. The molecule has 0 bridgehead atoms. The lowest BCUT2D eigenvalue weighted by Crippen LogP contribution is -2.00. The van der Waals surface area contributed by atoms with Crippen molar-refractivity contribution in [2.75, 3.05) is 6.61 Å². The van der Waals surface area contributed by atoms with E-state index >= 15 is 0 Å². The van der Waals surface area contributed by atoms with E-state index in [0.717, 1.165) is 11.3 Å². The van der Waals surface area contributed by atoms with Gasteiger partial charge in [0.15, 0.2) is 0 Å². The Morgan fingerprint density at radius 3 is 2.19 bits per heavy atom. The van der Waals surface area contributed by atoms with Gasteiger partial charge in [0, 0.05) is 10.9 Å². The molecule has 0 atom stereocenters. The monoisotopic (exact) mass is 353 g/mol. The number of benzene rings is 2. The summed E-state index contributed by atoms with van der Waals surface area (Å²) in [4.78, 5) is 16.0. The van der Waals surface area contributed by atoms with Gasteiger partial charge in [-0.2, -0.15) is 0 Å². The Hall–Kier alpha value is -2.88. The van der Waals surface area contributed by atoms with Crippen LogP contribution in [-0.4, -0.2) is 22.7 Å². The summed E-state index contributed by atoms with van der Waals surface area (Å²) in [5.41, 5.74) is 2.43. The van der Waals surface area contributed by atoms with E-state index in [9.17, 15) is 9.90 Å². The fourth-order valence-electron chi connectivity index (χ4n) is 2.39. The molecule has 3 aromatic rings. The van der Waals surface area contributed by atoms with Crippen LogP contribution >= 0.6 is 0 Å². The largest absolute Gasteiger partial charge is 0.494 e. The molecule has 2 aromatic carbocycles. The fraction of sp³-hybridized carbons (Fsp3) is 0.273. The molecule has 1 N–H and O–H groups in total. The van der Waals surface area contributed by atoms with Crippen LogP contribution < -0.4 is 4.74 Å². The van der Waals surface area contributed by atoms with E-state index in [1.807, 2.05) is 77.1 Å². The quantitative estimate of drug-likeness (QED) is 0.620. The Kier molecular flexibility index (Phi) is 8.85. The Morgan fingerprint density at radius 1 is 1.00 bits per heavy atom. The van der Waals surface area contributed by atoms with Gasteiger partial charge in [-0.05, 0) is 43.3 Å². The van der Waals surface area contributed by atoms with E-state index in [2.05, 4.69) is 4.98 Å². The molecule has 0 spiro atoms. The Balaban J connectivity index is 0.000000791. The molecule has 0 amide bonds. The predicted molar refractivity (Wildman–Crippen MR) is 108 cm³/mol. The molecular formula is C22H27NO3. The summed E-state index contributed by atoms with van der Waals surface area (Å²) in [5, 5.41) is 10.1. The van der Waals surface area contributed by atoms with Gasteiger partial charge in [-0.1, -0.05) is 45.9 Å². The number of para-hydroxylation sites is 1. The van der Waals surface area contributed by atoms with Crippen LogP contribution in [0.15, 0.2) is 54.6 Å². The third-order valence-corrected chi connectivity index (χ3v) is 3.41.